The largest absolute Gasteiger partial charge is 0.461 e. The molecule has 4 nitrogen and oxygen atoms in total. The second-order valence-corrected chi connectivity index (χ2v) is 3.86. The van der Waals surface area contributed by atoms with E-state index in [0.29, 0.717) is 5.82 Å². The Balaban J connectivity index is 2.29. The Hall–Kier alpha value is -2.36. The van der Waals surface area contributed by atoms with Crippen LogP contribution in [-0.4, -0.2) is 9.97 Å². The van der Waals surface area contributed by atoms with Gasteiger partial charge in [-0.2, -0.15) is 0 Å². The molecular formula is C13H11N3O. The summed E-state index contributed by atoms with van der Waals surface area (Å²) in [5.74, 6) is 1.25. The molecule has 0 bridgehead atoms. The van der Waals surface area contributed by atoms with Gasteiger partial charge in [-0.15, -0.1) is 0 Å². The Labute approximate surface area is 98.1 Å². The zero-order valence-electron chi connectivity index (χ0n) is 9.34. The summed E-state index contributed by atoms with van der Waals surface area (Å²) in [4.78, 5) is 8.34. The molecule has 0 atom stereocenters. The smallest absolute Gasteiger partial charge is 0.141 e. The highest BCUT2D eigenvalue weighted by atomic mass is 16.3. The lowest BCUT2D eigenvalue weighted by Gasteiger charge is -1.99. The third kappa shape index (κ3) is 1.54. The van der Waals surface area contributed by atoms with Crippen LogP contribution in [-0.2, 0) is 0 Å². The van der Waals surface area contributed by atoms with Crippen molar-refractivity contribution in [1.82, 2.24) is 9.97 Å². The second kappa shape index (κ2) is 3.59. The molecule has 3 aromatic rings. The maximum absolute atomic E-state index is 5.68. The van der Waals surface area contributed by atoms with E-state index in [9.17, 15) is 0 Å². The van der Waals surface area contributed by atoms with Gasteiger partial charge in [0, 0.05) is 5.39 Å². The first-order chi connectivity index (χ1) is 8.25. The highest BCUT2D eigenvalue weighted by molar-refractivity contribution is 5.94. The maximum Gasteiger partial charge on any atom is 0.141 e. The van der Waals surface area contributed by atoms with Crippen LogP contribution >= 0.6 is 0 Å². The molecule has 0 aliphatic heterocycles. The fourth-order valence-electron chi connectivity index (χ4n) is 1.95. The monoisotopic (exact) mass is 225 g/mol. The number of aryl methyl sites for hydroxylation is 1. The van der Waals surface area contributed by atoms with E-state index >= 15 is 0 Å². The van der Waals surface area contributed by atoms with E-state index in [-0.39, 0.29) is 0 Å². The van der Waals surface area contributed by atoms with E-state index < -0.39 is 0 Å². The number of hydrogen-bond acceptors (Lipinski definition) is 4. The van der Waals surface area contributed by atoms with Crippen LogP contribution < -0.4 is 5.73 Å². The number of furan rings is 1. The van der Waals surface area contributed by atoms with Crippen LogP contribution in [0.1, 0.15) is 5.76 Å². The average molecular weight is 225 g/mol. The molecule has 2 aromatic heterocycles. The lowest BCUT2D eigenvalue weighted by atomic mass is 10.1. The van der Waals surface area contributed by atoms with Crippen LogP contribution in [0, 0.1) is 6.92 Å². The molecule has 0 saturated heterocycles. The standard InChI is InChI=1S/C13H11N3O/c1-8-13(10-6-16-12(14)7-15-10)9-4-2-3-5-11(9)17-8/h2-7H,1H3,(H2,14,16). The van der Waals surface area contributed by atoms with Crippen molar-refractivity contribution in [3.63, 3.8) is 0 Å². The topological polar surface area (TPSA) is 64.9 Å². The Morgan fingerprint density at radius 1 is 1.12 bits per heavy atom. The summed E-state index contributed by atoms with van der Waals surface area (Å²) < 4.78 is 5.68. The van der Waals surface area contributed by atoms with Crippen LogP contribution in [0.15, 0.2) is 41.1 Å². The van der Waals surface area contributed by atoms with Gasteiger partial charge in [0.1, 0.15) is 17.2 Å². The summed E-state index contributed by atoms with van der Waals surface area (Å²) in [6.45, 7) is 1.92. The minimum absolute atomic E-state index is 0.416. The van der Waals surface area contributed by atoms with Gasteiger partial charge >= 0.3 is 0 Å². The number of nitrogen functional groups attached to an aromatic ring is 1. The highest BCUT2D eigenvalue weighted by Gasteiger charge is 2.13. The van der Waals surface area contributed by atoms with Crippen molar-refractivity contribution in [2.24, 2.45) is 0 Å². The van der Waals surface area contributed by atoms with E-state index in [1.807, 2.05) is 31.2 Å². The highest BCUT2D eigenvalue weighted by Crippen LogP contribution is 2.32. The predicted molar refractivity (Wildman–Crippen MR) is 66.4 cm³/mol. The number of para-hydroxylation sites is 1. The molecule has 0 aliphatic rings. The summed E-state index contributed by atoms with van der Waals surface area (Å²) in [7, 11) is 0. The molecule has 2 heterocycles. The Kier molecular flexibility index (Phi) is 2.08. The first kappa shape index (κ1) is 9.84. The molecule has 84 valence electrons. The Morgan fingerprint density at radius 3 is 2.71 bits per heavy atom. The van der Waals surface area contributed by atoms with Gasteiger partial charge in [-0.05, 0) is 13.0 Å². The number of nitrogens with two attached hydrogens (primary N) is 1. The summed E-state index contributed by atoms with van der Waals surface area (Å²) in [5, 5.41) is 1.05. The first-order valence-corrected chi connectivity index (χ1v) is 5.32. The molecule has 0 fully saturated rings. The van der Waals surface area contributed by atoms with Gasteiger partial charge in [0.25, 0.3) is 0 Å². The van der Waals surface area contributed by atoms with Crippen molar-refractivity contribution in [3.8, 4) is 11.3 Å². The summed E-state index contributed by atoms with van der Waals surface area (Å²) in [6.07, 6.45) is 3.22. The zero-order chi connectivity index (χ0) is 11.8. The van der Waals surface area contributed by atoms with Crippen molar-refractivity contribution in [1.29, 1.82) is 0 Å². The van der Waals surface area contributed by atoms with Crippen molar-refractivity contribution in [3.05, 3.63) is 42.4 Å². The van der Waals surface area contributed by atoms with E-state index in [4.69, 9.17) is 10.2 Å². The van der Waals surface area contributed by atoms with Crippen LogP contribution in [0.4, 0.5) is 5.82 Å². The number of aromatic nitrogens is 2. The molecule has 17 heavy (non-hydrogen) atoms. The number of benzene rings is 1. The van der Waals surface area contributed by atoms with Crippen molar-refractivity contribution in [2.75, 3.05) is 5.73 Å². The second-order valence-electron chi connectivity index (χ2n) is 3.86. The Bertz CT molecular complexity index is 671. The zero-order valence-corrected chi connectivity index (χ0v) is 9.34. The van der Waals surface area contributed by atoms with Gasteiger partial charge < -0.3 is 10.2 Å². The molecule has 0 radical (unpaired) electrons. The SMILES string of the molecule is Cc1oc2ccccc2c1-c1cnc(N)cn1. The molecule has 0 aliphatic carbocycles. The molecule has 4 heteroatoms. The molecular weight excluding hydrogens is 214 g/mol. The average Bonchev–Trinajstić information content (AvgIpc) is 2.66. The van der Waals surface area contributed by atoms with Crippen molar-refractivity contribution >= 4 is 16.8 Å². The normalized spacial score (nSPS) is 10.9. The summed E-state index contributed by atoms with van der Waals surface area (Å²) >= 11 is 0. The first-order valence-electron chi connectivity index (χ1n) is 5.32. The molecule has 3 rings (SSSR count). The van der Waals surface area contributed by atoms with E-state index in [1.165, 1.54) is 0 Å². The third-order valence-corrected chi connectivity index (χ3v) is 2.70. The van der Waals surface area contributed by atoms with E-state index in [0.717, 1.165) is 28.0 Å². The number of rotatable bonds is 1. The van der Waals surface area contributed by atoms with Crippen LogP contribution in [0.25, 0.3) is 22.2 Å². The van der Waals surface area contributed by atoms with Gasteiger partial charge in [0.05, 0.1) is 23.7 Å². The fraction of sp³-hybridized carbons (Fsp3) is 0.0769. The van der Waals surface area contributed by atoms with Gasteiger partial charge in [-0.3, -0.25) is 4.98 Å². The summed E-state index contributed by atoms with van der Waals surface area (Å²) in [6, 6.07) is 7.88. The number of nitrogens with zero attached hydrogens (tertiary/aromatic N) is 2. The maximum atomic E-state index is 5.68. The summed E-state index contributed by atoms with van der Waals surface area (Å²) in [5.41, 5.74) is 8.15. The van der Waals surface area contributed by atoms with Gasteiger partial charge in [0.2, 0.25) is 0 Å². The van der Waals surface area contributed by atoms with Crippen molar-refractivity contribution < 1.29 is 4.42 Å². The molecule has 0 amide bonds. The van der Waals surface area contributed by atoms with Gasteiger partial charge in [-0.25, -0.2) is 4.98 Å². The minimum Gasteiger partial charge on any atom is -0.461 e. The van der Waals surface area contributed by atoms with Crippen LogP contribution in [0.2, 0.25) is 0 Å². The van der Waals surface area contributed by atoms with E-state index in [2.05, 4.69) is 9.97 Å². The predicted octanol–water partition coefficient (Wildman–Crippen LogP) is 2.78. The number of anilines is 1. The lowest BCUT2D eigenvalue weighted by Crippen LogP contribution is -1.92. The third-order valence-electron chi connectivity index (χ3n) is 2.70. The van der Waals surface area contributed by atoms with Crippen LogP contribution in [0.3, 0.4) is 0 Å². The molecule has 1 aromatic carbocycles. The lowest BCUT2D eigenvalue weighted by molar-refractivity contribution is 0.580. The number of hydrogen-bond donors (Lipinski definition) is 1. The molecule has 0 spiro atoms. The number of fused-ring (bicyclic) bond motifs is 1. The van der Waals surface area contributed by atoms with E-state index in [1.54, 1.807) is 12.4 Å². The molecule has 0 saturated carbocycles. The molecule has 2 N–H and O–H groups in total. The van der Waals surface area contributed by atoms with Gasteiger partial charge in [0.15, 0.2) is 0 Å². The fourth-order valence-corrected chi connectivity index (χ4v) is 1.95. The quantitative estimate of drug-likeness (QED) is 0.691. The minimum atomic E-state index is 0.416. The van der Waals surface area contributed by atoms with Crippen molar-refractivity contribution in [2.45, 2.75) is 6.92 Å². The Morgan fingerprint density at radius 2 is 1.94 bits per heavy atom. The molecule has 0 unspecified atom stereocenters. The van der Waals surface area contributed by atoms with Gasteiger partial charge in [-0.1, -0.05) is 18.2 Å². The van der Waals surface area contributed by atoms with Crippen LogP contribution in [0.5, 0.6) is 0 Å².